The van der Waals surface area contributed by atoms with Gasteiger partial charge in [-0.1, -0.05) is 12.1 Å². The SMILES string of the molecule is CCCS(=O)(=O)CCNCc1c(C)noc1C. The molecular weight excluding hydrogens is 240 g/mol. The fourth-order valence-electron chi connectivity index (χ4n) is 1.61. The van der Waals surface area contributed by atoms with E-state index in [2.05, 4.69) is 10.5 Å². The topological polar surface area (TPSA) is 72.2 Å². The Hall–Kier alpha value is -0.880. The third-order valence-corrected chi connectivity index (χ3v) is 4.44. The molecule has 1 heterocycles. The van der Waals surface area contributed by atoms with Crippen LogP contribution < -0.4 is 5.32 Å². The predicted octanol–water partition coefficient (Wildman–Crippen LogP) is 1.21. The zero-order chi connectivity index (χ0) is 12.9. The standard InChI is InChI=1S/C11H20N2O3S/c1-4-6-17(14,15)7-5-12-8-11-9(2)13-16-10(11)3/h12H,4-8H2,1-3H3. The lowest BCUT2D eigenvalue weighted by atomic mass is 10.2. The van der Waals surface area contributed by atoms with E-state index in [1.54, 1.807) is 0 Å². The summed E-state index contributed by atoms with van der Waals surface area (Å²) in [5.41, 5.74) is 1.87. The van der Waals surface area contributed by atoms with Crippen molar-refractivity contribution in [2.24, 2.45) is 0 Å². The number of sulfone groups is 1. The fourth-order valence-corrected chi connectivity index (χ4v) is 2.89. The van der Waals surface area contributed by atoms with Crippen LogP contribution in [0.1, 0.15) is 30.4 Å². The number of nitrogens with one attached hydrogen (secondary N) is 1. The van der Waals surface area contributed by atoms with Crippen molar-refractivity contribution in [2.45, 2.75) is 33.7 Å². The van der Waals surface area contributed by atoms with E-state index in [1.165, 1.54) is 0 Å². The van der Waals surface area contributed by atoms with E-state index in [0.717, 1.165) is 17.0 Å². The molecule has 0 aliphatic carbocycles. The molecule has 0 saturated carbocycles. The molecule has 0 aromatic carbocycles. The van der Waals surface area contributed by atoms with E-state index in [1.807, 2.05) is 20.8 Å². The summed E-state index contributed by atoms with van der Waals surface area (Å²) in [7, 11) is -2.89. The summed E-state index contributed by atoms with van der Waals surface area (Å²) in [4.78, 5) is 0. The van der Waals surface area contributed by atoms with Gasteiger partial charge in [-0.2, -0.15) is 0 Å². The highest BCUT2D eigenvalue weighted by molar-refractivity contribution is 7.91. The molecule has 5 nitrogen and oxygen atoms in total. The van der Waals surface area contributed by atoms with Gasteiger partial charge in [0.2, 0.25) is 0 Å². The summed E-state index contributed by atoms with van der Waals surface area (Å²) in [6, 6.07) is 0. The molecule has 1 rings (SSSR count). The molecule has 6 heteroatoms. The average Bonchev–Trinajstić information content (AvgIpc) is 2.54. The van der Waals surface area contributed by atoms with Gasteiger partial charge in [-0.3, -0.25) is 0 Å². The van der Waals surface area contributed by atoms with Crippen molar-refractivity contribution in [1.82, 2.24) is 10.5 Å². The minimum atomic E-state index is -2.89. The molecule has 0 saturated heterocycles. The van der Waals surface area contributed by atoms with Crippen molar-refractivity contribution in [3.05, 3.63) is 17.0 Å². The normalized spacial score (nSPS) is 11.9. The Labute approximate surface area is 102 Å². The third-order valence-electron chi connectivity index (χ3n) is 2.59. The smallest absolute Gasteiger partial charge is 0.151 e. The second kappa shape index (κ2) is 6.16. The van der Waals surface area contributed by atoms with Crippen molar-refractivity contribution < 1.29 is 12.9 Å². The second-order valence-corrected chi connectivity index (χ2v) is 6.43. The largest absolute Gasteiger partial charge is 0.361 e. The van der Waals surface area contributed by atoms with Crippen LogP contribution >= 0.6 is 0 Å². The highest BCUT2D eigenvalue weighted by atomic mass is 32.2. The molecule has 0 bridgehead atoms. The summed E-state index contributed by atoms with van der Waals surface area (Å²) in [6.45, 7) is 6.66. The van der Waals surface area contributed by atoms with E-state index in [0.29, 0.717) is 19.5 Å². The van der Waals surface area contributed by atoms with Crippen molar-refractivity contribution in [3.63, 3.8) is 0 Å². The van der Waals surface area contributed by atoms with Gasteiger partial charge in [0, 0.05) is 24.4 Å². The lowest BCUT2D eigenvalue weighted by molar-refractivity contribution is 0.392. The number of nitrogens with zero attached hydrogens (tertiary/aromatic N) is 1. The molecule has 1 aromatic heterocycles. The van der Waals surface area contributed by atoms with E-state index in [4.69, 9.17) is 4.52 Å². The van der Waals surface area contributed by atoms with Crippen LogP contribution in [0.3, 0.4) is 0 Å². The van der Waals surface area contributed by atoms with Crippen molar-refractivity contribution in [1.29, 1.82) is 0 Å². The lowest BCUT2D eigenvalue weighted by Crippen LogP contribution is -2.24. The van der Waals surface area contributed by atoms with Gasteiger partial charge in [-0.05, 0) is 20.3 Å². The number of hydrogen-bond acceptors (Lipinski definition) is 5. The van der Waals surface area contributed by atoms with Gasteiger partial charge < -0.3 is 9.84 Å². The molecule has 0 amide bonds. The Morgan fingerprint density at radius 2 is 2.00 bits per heavy atom. The Balaban J connectivity index is 2.35. The van der Waals surface area contributed by atoms with Crippen LogP contribution in [0.4, 0.5) is 0 Å². The molecular formula is C11H20N2O3S. The first kappa shape index (κ1) is 14.2. The first-order valence-corrected chi connectivity index (χ1v) is 7.61. The van der Waals surface area contributed by atoms with Crippen molar-refractivity contribution in [3.8, 4) is 0 Å². The van der Waals surface area contributed by atoms with Crippen molar-refractivity contribution >= 4 is 9.84 Å². The zero-order valence-electron chi connectivity index (χ0n) is 10.6. The minimum absolute atomic E-state index is 0.185. The first-order valence-electron chi connectivity index (χ1n) is 5.79. The van der Waals surface area contributed by atoms with Gasteiger partial charge in [-0.15, -0.1) is 0 Å². The molecule has 17 heavy (non-hydrogen) atoms. The second-order valence-electron chi connectivity index (χ2n) is 4.13. The third kappa shape index (κ3) is 4.47. The van der Waals surface area contributed by atoms with E-state index in [-0.39, 0.29) is 11.5 Å². The Kier molecular flexibility index (Phi) is 5.14. The quantitative estimate of drug-likeness (QED) is 0.746. The Bertz CT molecular complexity index is 432. The molecule has 0 atom stereocenters. The van der Waals surface area contributed by atoms with E-state index in [9.17, 15) is 8.42 Å². The maximum atomic E-state index is 11.5. The molecule has 0 spiro atoms. The number of aryl methyl sites for hydroxylation is 2. The molecule has 0 radical (unpaired) electrons. The van der Waals surface area contributed by atoms with Gasteiger partial charge in [-0.25, -0.2) is 8.42 Å². The summed E-state index contributed by atoms with van der Waals surface area (Å²) < 4.78 is 27.9. The maximum absolute atomic E-state index is 11.5. The molecule has 0 fully saturated rings. The Morgan fingerprint density at radius 3 is 2.53 bits per heavy atom. The van der Waals surface area contributed by atoms with Crippen molar-refractivity contribution in [2.75, 3.05) is 18.1 Å². The summed E-state index contributed by atoms with van der Waals surface area (Å²) in [5.74, 6) is 1.23. The molecule has 0 aliphatic rings. The predicted molar refractivity (Wildman–Crippen MR) is 66.6 cm³/mol. The van der Waals surface area contributed by atoms with Gasteiger partial charge in [0.1, 0.15) is 5.76 Å². The molecule has 1 N–H and O–H groups in total. The van der Waals surface area contributed by atoms with Gasteiger partial charge >= 0.3 is 0 Å². The summed E-state index contributed by atoms with van der Waals surface area (Å²) in [5, 5.41) is 6.94. The highest BCUT2D eigenvalue weighted by Gasteiger charge is 2.10. The van der Waals surface area contributed by atoms with Crippen LogP contribution in [0.25, 0.3) is 0 Å². The monoisotopic (exact) mass is 260 g/mol. The highest BCUT2D eigenvalue weighted by Crippen LogP contribution is 2.11. The number of hydrogen-bond donors (Lipinski definition) is 1. The van der Waals surface area contributed by atoms with Crippen LogP contribution in [-0.4, -0.2) is 31.6 Å². The lowest BCUT2D eigenvalue weighted by Gasteiger charge is -2.05. The van der Waals surface area contributed by atoms with E-state index < -0.39 is 9.84 Å². The minimum Gasteiger partial charge on any atom is -0.361 e. The van der Waals surface area contributed by atoms with Gasteiger partial charge in [0.25, 0.3) is 0 Å². The van der Waals surface area contributed by atoms with Gasteiger partial charge in [0.15, 0.2) is 9.84 Å². The zero-order valence-corrected chi connectivity index (χ0v) is 11.4. The van der Waals surface area contributed by atoms with Crippen LogP contribution in [0, 0.1) is 13.8 Å². The molecule has 98 valence electrons. The van der Waals surface area contributed by atoms with Crippen LogP contribution in [0.5, 0.6) is 0 Å². The molecule has 1 aromatic rings. The number of rotatable bonds is 7. The van der Waals surface area contributed by atoms with Crippen LogP contribution in [-0.2, 0) is 16.4 Å². The summed E-state index contributed by atoms with van der Waals surface area (Å²) >= 11 is 0. The Morgan fingerprint density at radius 1 is 1.29 bits per heavy atom. The number of aromatic nitrogens is 1. The molecule has 0 unspecified atom stereocenters. The van der Waals surface area contributed by atoms with Crippen LogP contribution in [0.15, 0.2) is 4.52 Å². The maximum Gasteiger partial charge on any atom is 0.151 e. The first-order chi connectivity index (χ1) is 7.96. The summed E-state index contributed by atoms with van der Waals surface area (Å²) in [6.07, 6.45) is 0.673. The van der Waals surface area contributed by atoms with Gasteiger partial charge in [0.05, 0.1) is 11.4 Å². The van der Waals surface area contributed by atoms with Crippen LogP contribution in [0.2, 0.25) is 0 Å². The van der Waals surface area contributed by atoms with E-state index >= 15 is 0 Å². The molecule has 0 aliphatic heterocycles. The average molecular weight is 260 g/mol. The fraction of sp³-hybridized carbons (Fsp3) is 0.727.